The number of halogens is 2. The summed E-state index contributed by atoms with van der Waals surface area (Å²) in [6.07, 6.45) is -0.773. The van der Waals surface area contributed by atoms with Crippen molar-refractivity contribution in [2.45, 2.75) is 51.1 Å². The SMILES string of the molecule is CC(C)N1CCCC(N)(C(F)F)CC1. The van der Waals surface area contributed by atoms with E-state index in [2.05, 4.69) is 18.7 Å². The summed E-state index contributed by atoms with van der Waals surface area (Å²) in [5.41, 5.74) is 4.44. The van der Waals surface area contributed by atoms with Crippen molar-refractivity contribution in [1.29, 1.82) is 0 Å². The molecule has 0 aromatic carbocycles. The number of nitrogens with two attached hydrogens (primary N) is 1. The molecule has 0 bridgehead atoms. The van der Waals surface area contributed by atoms with Gasteiger partial charge in [0.25, 0.3) is 6.43 Å². The van der Waals surface area contributed by atoms with Gasteiger partial charge in [-0.1, -0.05) is 0 Å². The number of rotatable bonds is 2. The van der Waals surface area contributed by atoms with Crippen molar-refractivity contribution in [3.8, 4) is 0 Å². The molecule has 1 atom stereocenters. The molecule has 1 fully saturated rings. The fourth-order valence-corrected chi connectivity index (χ4v) is 1.93. The average molecular weight is 206 g/mol. The van der Waals surface area contributed by atoms with E-state index in [0.29, 0.717) is 25.4 Å². The number of hydrogen-bond acceptors (Lipinski definition) is 2. The van der Waals surface area contributed by atoms with E-state index < -0.39 is 12.0 Å². The highest BCUT2D eigenvalue weighted by atomic mass is 19.3. The summed E-state index contributed by atoms with van der Waals surface area (Å²) in [5.74, 6) is 0. The van der Waals surface area contributed by atoms with Crippen LogP contribution >= 0.6 is 0 Å². The third kappa shape index (κ3) is 2.64. The first-order valence-corrected chi connectivity index (χ1v) is 5.27. The average Bonchev–Trinajstić information content (AvgIpc) is 2.28. The molecule has 2 nitrogen and oxygen atoms in total. The summed E-state index contributed by atoms with van der Waals surface area (Å²) in [7, 11) is 0. The van der Waals surface area contributed by atoms with Crippen LogP contribution in [0.5, 0.6) is 0 Å². The Morgan fingerprint density at radius 2 is 1.86 bits per heavy atom. The Morgan fingerprint density at radius 1 is 1.21 bits per heavy atom. The maximum Gasteiger partial charge on any atom is 0.256 e. The second kappa shape index (κ2) is 4.53. The van der Waals surface area contributed by atoms with Gasteiger partial charge in [-0.25, -0.2) is 8.78 Å². The summed E-state index contributed by atoms with van der Waals surface area (Å²) in [4.78, 5) is 2.22. The lowest BCUT2D eigenvalue weighted by atomic mass is 9.92. The largest absolute Gasteiger partial charge is 0.320 e. The van der Waals surface area contributed by atoms with Crippen LogP contribution in [0.1, 0.15) is 33.1 Å². The molecule has 1 aliphatic heterocycles. The summed E-state index contributed by atoms with van der Waals surface area (Å²) in [6, 6.07) is 0.426. The zero-order valence-electron chi connectivity index (χ0n) is 8.97. The van der Waals surface area contributed by atoms with E-state index in [1.165, 1.54) is 0 Å². The van der Waals surface area contributed by atoms with Crippen LogP contribution in [0.4, 0.5) is 8.78 Å². The zero-order chi connectivity index (χ0) is 10.8. The van der Waals surface area contributed by atoms with Crippen molar-refractivity contribution < 1.29 is 8.78 Å². The van der Waals surface area contributed by atoms with Crippen LogP contribution in [-0.2, 0) is 0 Å². The second-order valence-electron chi connectivity index (χ2n) is 4.52. The van der Waals surface area contributed by atoms with E-state index in [1.54, 1.807) is 0 Å². The van der Waals surface area contributed by atoms with Crippen LogP contribution in [0.3, 0.4) is 0 Å². The highest BCUT2D eigenvalue weighted by Gasteiger charge is 2.37. The number of nitrogens with zero attached hydrogens (tertiary/aromatic N) is 1. The second-order valence-corrected chi connectivity index (χ2v) is 4.52. The minimum Gasteiger partial charge on any atom is -0.320 e. The van der Waals surface area contributed by atoms with Gasteiger partial charge < -0.3 is 10.6 Å². The molecule has 4 heteroatoms. The number of likely N-dealkylation sites (tertiary alicyclic amines) is 1. The fourth-order valence-electron chi connectivity index (χ4n) is 1.93. The Kier molecular flexibility index (Phi) is 3.84. The quantitative estimate of drug-likeness (QED) is 0.747. The van der Waals surface area contributed by atoms with Crippen LogP contribution in [-0.4, -0.2) is 36.0 Å². The summed E-state index contributed by atoms with van der Waals surface area (Å²) in [5, 5.41) is 0. The molecule has 1 unspecified atom stereocenters. The molecule has 1 saturated heterocycles. The van der Waals surface area contributed by atoms with Crippen LogP contribution in [0.15, 0.2) is 0 Å². The van der Waals surface area contributed by atoms with E-state index in [9.17, 15) is 8.78 Å². The van der Waals surface area contributed by atoms with E-state index in [0.717, 1.165) is 13.0 Å². The molecule has 2 N–H and O–H groups in total. The zero-order valence-corrected chi connectivity index (χ0v) is 8.97. The number of alkyl halides is 2. The predicted molar refractivity (Wildman–Crippen MR) is 53.5 cm³/mol. The van der Waals surface area contributed by atoms with Gasteiger partial charge in [-0.3, -0.25) is 0 Å². The van der Waals surface area contributed by atoms with Crippen LogP contribution in [0.2, 0.25) is 0 Å². The molecule has 0 amide bonds. The van der Waals surface area contributed by atoms with Gasteiger partial charge in [0, 0.05) is 12.6 Å². The van der Waals surface area contributed by atoms with Gasteiger partial charge in [0.2, 0.25) is 0 Å². The van der Waals surface area contributed by atoms with Gasteiger partial charge >= 0.3 is 0 Å². The van der Waals surface area contributed by atoms with E-state index >= 15 is 0 Å². The van der Waals surface area contributed by atoms with Crippen molar-refractivity contribution in [2.75, 3.05) is 13.1 Å². The summed E-state index contributed by atoms with van der Waals surface area (Å²) in [6.45, 7) is 5.76. The maximum absolute atomic E-state index is 12.7. The Hall–Kier alpha value is -0.220. The molecular weight excluding hydrogens is 186 g/mol. The van der Waals surface area contributed by atoms with Gasteiger partial charge in [0.1, 0.15) is 0 Å². The van der Waals surface area contributed by atoms with Crippen molar-refractivity contribution >= 4 is 0 Å². The molecule has 0 aromatic heterocycles. The van der Waals surface area contributed by atoms with Crippen LogP contribution in [0.25, 0.3) is 0 Å². The molecule has 14 heavy (non-hydrogen) atoms. The first kappa shape index (κ1) is 11.9. The van der Waals surface area contributed by atoms with Crippen LogP contribution in [0, 0.1) is 0 Å². The molecule has 1 aliphatic rings. The van der Waals surface area contributed by atoms with Crippen LogP contribution < -0.4 is 5.73 Å². The van der Waals surface area contributed by atoms with Gasteiger partial charge in [-0.05, 0) is 39.7 Å². The summed E-state index contributed by atoms with van der Waals surface area (Å²) >= 11 is 0. The Morgan fingerprint density at radius 3 is 2.36 bits per heavy atom. The van der Waals surface area contributed by atoms with E-state index in [4.69, 9.17) is 5.73 Å². The highest BCUT2D eigenvalue weighted by Crippen LogP contribution is 2.26. The Balaban J connectivity index is 2.56. The first-order chi connectivity index (χ1) is 6.46. The molecule has 0 aliphatic carbocycles. The van der Waals surface area contributed by atoms with Gasteiger partial charge in [-0.15, -0.1) is 0 Å². The lowest BCUT2D eigenvalue weighted by Crippen LogP contribution is -2.47. The first-order valence-electron chi connectivity index (χ1n) is 5.27. The Bertz CT molecular complexity index is 185. The fraction of sp³-hybridized carbons (Fsp3) is 1.00. The van der Waals surface area contributed by atoms with Gasteiger partial charge in [0.15, 0.2) is 0 Å². The van der Waals surface area contributed by atoms with Crippen molar-refractivity contribution in [2.24, 2.45) is 5.73 Å². The summed E-state index contributed by atoms with van der Waals surface area (Å²) < 4.78 is 25.3. The predicted octanol–water partition coefficient (Wildman–Crippen LogP) is 1.84. The molecule has 1 rings (SSSR count). The molecule has 0 aromatic rings. The van der Waals surface area contributed by atoms with Crippen molar-refractivity contribution in [3.63, 3.8) is 0 Å². The van der Waals surface area contributed by atoms with Gasteiger partial charge in [-0.2, -0.15) is 0 Å². The monoisotopic (exact) mass is 206 g/mol. The topological polar surface area (TPSA) is 29.3 Å². The number of hydrogen-bond donors (Lipinski definition) is 1. The maximum atomic E-state index is 12.7. The van der Waals surface area contributed by atoms with E-state index in [-0.39, 0.29) is 0 Å². The molecule has 0 spiro atoms. The minimum atomic E-state index is -2.39. The highest BCUT2D eigenvalue weighted by molar-refractivity contribution is 4.90. The Labute approximate surface area is 84.4 Å². The standard InChI is InChI=1S/C10H20F2N2/c1-8(2)14-6-3-4-10(13,5-7-14)9(11)12/h8-9H,3-7,13H2,1-2H3. The lowest BCUT2D eigenvalue weighted by molar-refractivity contribution is 0.0440. The molecular formula is C10H20F2N2. The third-order valence-electron chi connectivity index (χ3n) is 3.12. The molecule has 84 valence electrons. The van der Waals surface area contributed by atoms with E-state index in [1.807, 2.05) is 0 Å². The van der Waals surface area contributed by atoms with Gasteiger partial charge in [0.05, 0.1) is 5.54 Å². The third-order valence-corrected chi connectivity index (χ3v) is 3.12. The van der Waals surface area contributed by atoms with Crippen molar-refractivity contribution in [1.82, 2.24) is 4.90 Å². The minimum absolute atomic E-state index is 0.406. The smallest absolute Gasteiger partial charge is 0.256 e. The molecule has 0 radical (unpaired) electrons. The molecule has 1 heterocycles. The normalized spacial score (nSPS) is 31.1. The molecule has 0 saturated carbocycles. The van der Waals surface area contributed by atoms with Crippen molar-refractivity contribution in [3.05, 3.63) is 0 Å². The lowest BCUT2D eigenvalue weighted by Gasteiger charge is -2.28.